The number of fused-ring (bicyclic) bond motifs is 1. The number of aromatic nitrogens is 1. The predicted octanol–water partition coefficient (Wildman–Crippen LogP) is 1.17. The van der Waals surface area contributed by atoms with E-state index in [9.17, 15) is 8.42 Å². The van der Waals surface area contributed by atoms with Gasteiger partial charge in [0.2, 0.25) is 0 Å². The van der Waals surface area contributed by atoms with Crippen molar-refractivity contribution in [3.63, 3.8) is 0 Å². The lowest BCUT2D eigenvalue weighted by Gasteiger charge is -2.23. The van der Waals surface area contributed by atoms with Crippen LogP contribution in [0, 0.1) is 0 Å². The van der Waals surface area contributed by atoms with Crippen molar-refractivity contribution >= 4 is 20.6 Å². The molecule has 5 nitrogen and oxygen atoms in total. The van der Waals surface area contributed by atoms with Crippen molar-refractivity contribution in [2.75, 3.05) is 6.26 Å². The number of hydrogen-bond donors (Lipinski definition) is 2. The van der Waals surface area contributed by atoms with Crippen LogP contribution in [0.25, 0.3) is 10.8 Å². The summed E-state index contributed by atoms with van der Waals surface area (Å²) in [6.07, 6.45) is 4.65. The summed E-state index contributed by atoms with van der Waals surface area (Å²) < 4.78 is 23.5. The molecule has 1 aromatic carbocycles. The Morgan fingerprint density at radius 3 is 2.68 bits per heavy atom. The van der Waals surface area contributed by atoms with Crippen molar-refractivity contribution in [1.82, 2.24) is 10.4 Å². The van der Waals surface area contributed by atoms with Crippen LogP contribution in [0.5, 0.6) is 0 Å². The molecule has 6 heteroatoms. The molecule has 2 aromatic rings. The molecule has 1 heterocycles. The summed E-state index contributed by atoms with van der Waals surface area (Å²) >= 11 is 0. The maximum Gasteiger partial charge on any atom is 0.151 e. The Morgan fingerprint density at radius 2 is 2.05 bits per heavy atom. The van der Waals surface area contributed by atoms with Crippen LogP contribution >= 0.6 is 0 Å². The largest absolute Gasteiger partial charge is 0.271 e. The monoisotopic (exact) mass is 279 g/mol. The van der Waals surface area contributed by atoms with Crippen molar-refractivity contribution in [1.29, 1.82) is 0 Å². The highest BCUT2D eigenvalue weighted by atomic mass is 32.2. The maximum atomic E-state index is 11.7. The molecule has 2 unspecified atom stereocenters. The first-order valence-electron chi connectivity index (χ1n) is 5.93. The first-order chi connectivity index (χ1) is 8.95. The van der Waals surface area contributed by atoms with E-state index in [1.165, 1.54) is 6.26 Å². The number of hydrogen-bond acceptors (Lipinski definition) is 5. The Bertz CT molecular complexity index is 680. The van der Waals surface area contributed by atoms with Gasteiger partial charge in [0.1, 0.15) is 0 Å². The van der Waals surface area contributed by atoms with Gasteiger partial charge in [0.15, 0.2) is 9.84 Å². The topological polar surface area (TPSA) is 85.1 Å². The highest BCUT2D eigenvalue weighted by molar-refractivity contribution is 7.91. The number of nitrogens with one attached hydrogen (secondary N) is 1. The lowest BCUT2D eigenvalue weighted by atomic mass is 9.99. The maximum absolute atomic E-state index is 11.7. The van der Waals surface area contributed by atoms with E-state index in [2.05, 4.69) is 10.4 Å². The second-order valence-electron chi connectivity index (χ2n) is 4.62. The molecule has 3 N–H and O–H groups in total. The number of hydrazine groups is 1. The highest BCUT2D eigenvalue weighted by Crippen LogP contribution is 2.27. The zero-order valence-electron chi connectivity index (χ0n) is 10.9. The molecule has 102 valence electrons. The molecule has 2 rings (SSSR count). The molecule has 2 atom stereocenters. The predicted molar refractivity (Wildman–Crippen MR) is 76.1 cm³/mol. The minimum absolute atomic E-state index is 0.470. The third-order valence-electron chi connectivity index (χ3n) is 3.38. The van der Waals surface area contributed by atoms with Gasteiger partial charge < -0.3 is 0 Å². The normalized spacial score (nSPS) is 15.3. The van der Waals surface area contributed by atoms with E-state index >= 15 is 0 Å². The van der Waals surface area contributed by atoms with Gasteiger partial charge in [-0.05, 0) is 23.9 Å². The number of pyridine rings is 1. The van der Waals surface area contributed by atoms with Gasteiger partial charge in [0.05, 0.1) is 11.3 Å². The highest BCUT2D eigenvalue weighted by Gasteiger charge is 2.27. The summed E-state index contributed by atoms with van der Waals surface area (Å²) in [6.45, 7) is 1.65. The second kappa shape index (κ2) is 5.24. The van der Waals surface area contributed by atoms with E-state index in [0.29, 0.717) is 0 Å². The van der Waals surface area contributed by atoms with Crippen LogP contribution in [-0.2, 0) is 9.84 Å². The molecule has 0 bridgehead atoms. The molecule has 0 saturated heterocycles. The average molecular weight is 279 g/mol. The molecular formula is C13H17N3O2S. The zero-order chi connectivity index (χ0) is 14.0. The molecule has 0 aliphatic heterocycles. The summed E-state index contributed by atoms with van der Waals surface area (Å²) in [7, 11) is -3.19. The fourth-order valence-corrected chi connectivity index (χ4v) is 2.85. The molecule has 19 heavy (non-hydrogen) atoms. The molecule has 1 aromatic heterocycles. The van der Waals surface area contributed by atoms with E-state index in [1.807, 2.05) is 24.3 Å². The number of nitrogens with zero attached hydrogens (tertiary/aromatic N) is 1. The minimum atomic E-state index is -3.19. The van der Waals surface area contributed by atoms with E-state index < -0.39 is 21.1 Å². The third-order valence-corrected chi connectivity index (χ3v) is 5.00. The van der Waals surface area contributed by atoms with Gasteiger partial charge in [0, 0.05) is 24.0 Å². The van der Waals surface area contributed by atoms with Crippen molar-refractivity contribution in [2.24, 2.45) is 5.84 Å². The van der Waals surface area contributed by atoms with E-state index in [0.717, 1.165) is 16.3 Å². The Kier molecular flexibility index (Phi) is 3.84. The molecule has 0 fully saturated rings. The van der Waals surface area contributed by atoms with Crippen LogP contribution in [0.15, 0.2) is 36.7 Å². The Morgan fingerprint density at radius 1 is 1.32 bits per heavy atom. The fourth-order valence-electron chi connectivity index (χ4n) is 2.13. The van der Waals surface area contributed by atoms with Crippen LogP contribution in [0.4, 0.5) is 0 Å². The lowest BCUT2D eigenvalue weighted by Crippen LogP contribution is -2.38. The Labute approximate surface area is 112 Å². The molecule has 0 aliphatic carbocycles. The zero-order valence-corrected chi connectivity index (χ0v) is 11.7. The molecule has 0 aliphatic rings. The van der Waals surface area contributed by atoms with Crippen LogP contribution in [0.3, 0.4) is 0 Å². The number of benzene rings is 1. The summed E-state index contributed by atoms with van der Waals surface area (Å²) in [5, 5.41) is 1.29. The first-order valence-corrected chi connectivity index (χ1v) is 7.88. The van der Waals surface area contributed by atoms with Gasteiger partial charge in [-0.15, -0.1) is 0 Å². The first kappa shape index (κ1) is 13.9. The van der Waals surface area contributed by atoms with Crippen molar-refractivity contribution in [3.05, 3.63) is 42.2 Å². The quantitative estimate of drug-likeness (QED) is 0.648. The Hall–Kier alpha value is -1.50. The minimum Gasteiger partial charge on any atom is -0.271 e. The standard InChI is InChI=1S/C13H17N3O2S/c1-9(19(2,17)18)13(16-14)11-5-3-4-10-6-7-15-8-12(10)11/h3-9,13,16H,14H2,1-2H3. The fraction of sp³-hybridized carbons (Fsp3) is 0.308. The van der Waals surface area contributed by atoms with Crippen LogP contribution in [-0.4, -0.2) is 24.9 Å². The smallest absolute Gasteiger partial charge is 0.151 e. The SMILES string of the molecule is CC(C(NN)c1cccc2ccncc12)S(C)(=O)=O. The van der Waals surface area contributed by atoms with E-state index in [1.54, 1.807) is 19.3 Å². The van der Waals surface area contributed by atoms with Crippen LogP contribution in [0.1, 0.15) is 18.5 Å². The molecule has 0 saturated carbocycles. The molecular weight excluding hydrogens is 262 g/mol. The lowest BCUT2D eigenvalue weighted by molar-refractivity contribution is 0.516. The molecule has 0 amide bonds. The van der Waals surface area contributed by atoms with Crippen LogP contribution < -0.4 is 11.3 Å². The number of nitrogens with two attached hydrogens (primary N) is 1. The molecule has 0 spiro atoms. The second-order valence-corrected chi connectivity index (χ2v) is 7.03. The summed E-state index contributed by atoms with van der Waals surface area (Å²) in [4.78, 5) is 4.09. The number of sulfone groups is 1. The van der Waals surface area contributed by atoms with Crippen molar-refractivity contribution < 1.29 is 8.42 Å². The van der Waals surface area contributed by atoms with Gasteiger partial charge in [-0.2, -0.15) is 0 Å². The number of rotatable bonds is 4. The van der Waals surface area contributed by atoms with Crippen LogP contribution in [0.2, 0.25) is 0 Å². The van der Waals surface area contributed by atoms with Gasteiger partial charge in [-0.1, -0.05) is 18.2 Å². The van der Waals surface area contributed by atoms with E-state index in [-0.39, 0.29) is 0 Å². The van der Waals surface area contributed by atoms with Gasteiger partial charge in [-0.3, -0.25) is 16.3 Å². The summed E-state index contributed by atoms with van der Waals surface area (Å²) in [5.74, 6) is 5.56. The van der Waals surface area contributed by atoms with Gasteiger partial charge >= 0.3 is 0 Å². The third kappa shape index (κ3) is 2.75. The average Bonchev–Trinajstić information content (AvgIpc) is 2.38. The van der Waals surface area contributed by atoms with Gasteiger partial charge in [0.25, 0.3) is 0 Å². The van der Waals surface area contributed by atoms with E-state index in [4.69, 9.17) is 5.84 Å². The summed E-state index contributed by atoms with van der Waals surface area (Å²) in [5.41, 5.74) is 3.45. The van der Waals surface area contributed by atoms with Crippen molar-refractivity contribution in [2.45, 2.75) is 18.2 Å². The van der Waals surface area contributed by atoms with Crippen molar-refractivity contribution in [3.8, 4) is 0 Å². The van der Waals surface area contributed by atoms with Gasteiger partial charge in [-0.25, -0.2) is 8.42 Å². The summed E-state index contributed by atoms with van der Waals surface area (Å²) in [6, 6.07) is 7.13. The molecule has 0 radical (unpaired) electrons. The Balaban J connectivity index is 2.59.